The third kappa shape index (κ3) is 3.28. The topological polar surface area (TPSA) is 83.0 Å². The molecule has 1 aromatic carbocycles. The largest absolute Gasteiger partial charge is 0.369 e. The molecule has 2 aromatic rings. The van der Waals surface area contributed by atoms with Crippen molar-refractivity contribution in [3.63, 3.8) is 0 Å². The molecule has 6 heteroatoms. The average Bonchev–Trinajstić information content (AvgIpc) is 2.59. The number of aromatic nitrogens is 1. The molecule has 0 saturated heterocycles. The van der Waals surface area contributed by atoms with E-state index >= 15 is 0 Å². The predicted octanol–water partition coefficient (Wildman–Crippen LogP) is 2.19. The Bertz CT molecular complexity index is 814. The summed E-state index contributed by atoms with van der Waals surface area (Å²) < 4.78 is 0. The first kappa shape index (κ1) is 16.5. The van der Waals surface area contributed by atoms with Gasteiger partial charge in [0.2, 0.25) is 5.91 Å². The molecule has 0 atom stereocenters. The first-order valence-electron chi connectivity index (χ1n) is 7.71. The highest BCUT2D eigenvalue weighted by Crippen LogP contribution is 2.36. The Morgan fingerprint density at radius 2 is 2.17 bits per heavy atom. The van der Waals surface area contributed by atoms with Crippen LogP contribution in [-0.2, 0) is 17.8 Å². The molecule has 122 valence electrons. The van der Waals surface area contributed by atoms with Crippen molar-refractivity contribution < 1.29 is 4.79 Å². The molecule has 3 rings (SSSR count). The number of hydrogen-bond donors (Lipinski definition) is 1. The lowest BCUT2D eigenvalue weighted by atomic mass is 9.92. The Balaban J connectivity index is 2.21. The SMILES string of the molecule is CN1CCc2nc(SCC(N)=O)c(C#N)c(-c3ccccc3)c2C1. The smallest absolute Gasteiger partial charge is 0.227 e. The van der Waals surface area contributed by atoms with Crippen LogP contribution in [0.5, 0.6) is 0 Å². The molecule has 5 nitrogen and oxygen atoms in total. The zero-order chi connectivity index (χ0) is 17.1. The first-order valence-corrected chi connectivity index (χ1v) is 8.69. The number of amides is 1. The van der Waals surface area contributed by atoms with Crippen molar-refractivity contribution >= 4 is 17.7 Å². The number of hydrogen-bond acceptors (Lipinski definition) is 5. The fraction of sp³-hybridized carbons (Fsp3) is 0.278. The van der Waals surface area contributed by atoms with E-state index in [1.807, 2.05) is 30.3 Å². The molecule has 0 aliphatic carbocycles. The number of likely N-dealkylation sites (N-methyl/N-ethyl adjacent to an activating group) is 1. The van der Waals surface area contributed by atoms with Crippen molar-refractivity contribution in [2.45, 2.75) is 18.0 Å². The van der Waals surface area contributed by atoms with E-state index in [1.165, 1.54) is 11.8 Å². The highest BCUT2D eigenvalue weighted by atomic mass is 32.2. The quantitative estimate of drug-likeness (QED) is 0.864. The number of rotatable bonds is 4. The standard InChI is InChI=1S/C18H18N4OS/c1-22-8-7-15-14(10-22)17(12-5-3-2-4-6-12)13(9-19)18(21-15)24-11-16(20)23/h2-6H,7-8,10-11H2,1H3,(H2,20,23). The molecule has 0 fully saturated rings. The van der Waals surface area contributed by atoms with E-state index in [-0.39, 0.29) is 5.75 Å². The van der Waals surface area contributed by atoms with Gasteiger partial charge in [-0.2, -0.15) is 5.26 Å². The monoisotopic (exact) mass is 338 g/mol. The number of carbonyl (C=O) groups is 1. The molecule has 0 unspecified atom stereocenters. The minimum absolute atomic E-state index is 0.120. The highest BCUT2D eigenvalue weighted by Gasteiger charge is 2.25. The highest BCUT2D eigenvalue weighted by molar-refractivity contribution is 8.00. The van der Waals surface area contributed by atoms with E-state index in [1.54, 1.807) is 0 Å². The number of benzene rings is 1. The Kier molecular flexibility index (Phi) is 4.84. The molecule has 2 N–H and O–H groups in total. The maximum absolute atomic E-state index is 11.1. The van der Waals surface area contributed by atoms with Crippen LogP contribution < -0.4 is 5.73 Å². The third-order valence-corrected chi connectivity index (χ3v) is 5.03. The zero-order valence-corrected chi connectivity index (χ0v) is 14.3. The second-order valence-corrected chi connectivity index (χ2v) is 6.78. The van der Waals surface area contributed by atoms with Gasteiger partial charge in [-0.1, -0.05) is 42.1 Å². The molecule has 2 heterocycles. The Morgan fingerprint density at radius 3 is 2.83 bits per heavy atom. The van der Waals surface area contributed by atoms with Crippen LogP contribution in [0.3, 0.4) is 0 Å². The van der Waals surface area contributed by atoms with Gasteiger partial charge in [0, 0.05) is 30.8 Å². The maximum Gasteiger partial charge on any atom is 0.227 e. The van der Waals surface area contributed by atoms with E-state index in [0.717, 1.165) is 41.9 Å². The van der Waals surface area contributed by atoms with Gasteiger partial charge in [0.15, 0.2) is 0 Å². The van der Waals surface area contributed by atoms with Crippen LogP contribution in [0.15, 0.2) is 35.4 Å². The number of pyridine rings is 1. The van der Waals surface area contributed by atoms with Gasteiger partial charge in [-0.05, 0) is 18.2 Å². The van der Waals surface area contributed by atoms with Gasteiger partial charge in [0.05, 0.1) is 11.3 Å². The second-order valence-electron chi connectivity index (χ2n) is 5.81. The van der Waals surface area contributed by atoms with Crippen molar-refractivity contribution in [2.24, 2.45) is 5.73 Å². The average molecular weight is 338 g/mol. The summed E-state index contributed by atoms with van der Waals surface area (Å²) in [6, 6.07) is 12.2. The molecule has 1 aromatic heterocycles. The fourth-order valence-electron chi connectivity index (χ4n) is 2.94. The van der Waals surface area contributed by atoms with Crippen LogP contribution in [0.2, 0.25) is 0 Å². The lowest BCUT2D eigenvalue weighted by Gasteiger charge is -2.27. The molecule has 0 bridgehead atoms. The summed E-state index contributed by atoms with van der Waals surface area (Å²) in [5.74, 6) is -0.293. The minimum atomic E-state index is -0.413. The Labute approximate surface area is 145 Å². The van der Waals surface area contributed by atoms with Gasteiger partial charge >= 0.3 is 0 Å². The third-order valence-electron chi connectivity index (χ3n) is 4.03. The summed E-state index contributed by atoms with van der Waals surface area (Å²) in [6.45, 7) is 1.70. The van der Waals surface area contributed by atoms with E-state index in [9.17, 15) is 10.1 Å². The van der Waals surface area contributed by atoms with Crippen LogP contribution in [0, 0.1) is 11.3 Å². The lowest BCUT2D eigenvalue weighted by molar-refractivity contribution is -0.115. The van der Waals surface area contributed by atoms with E-state index < -0.39 is 5.91 Å². The summed E-state index contributed by atoms with van der Waals surface area (Å²) in [5, 5.41) is 10.4. The number of thioether (sulfide) groups is 1. The number of nitriles is 1. The van der Waals surface area contributed by atoms with Crippen molar-refractivity contribution in [3.8, 4) is 17.2 Å². The molecule has 1 amide bonds. The molecule has 1 aliphatic heterocycles. The summed E-state index contributed by atoms with van der Waals surface area (Å²) in [7, 11) is 2.07. The van der Waals surface area contributed by atoms with Gasteiger partial charge in [-0.3, -0.25) is 4.79 Å². The molecule has 24 heavy (non-hydrogen) atoms. The zero-order valence-electron chi connectivity index (χ0n) is 13.5. The first-order chi connectivity index (χ1) is 11.6. The van der Waals surface area contributed by atoms with Gasteiger partial charge in [-0.25, -0.2) is 4.98 Å². The summed E-state index contributed by atoms with van der Waals surface area (Å²) in [6.07, 6.45) is 0.835. The normalized spacial score (nSPS) is 14.0. The minimum Gasteiger partial charge on any atom is -0.369 e. The van der Waals surface area contributed by atoms with Crippen molar-refractivity contribution in [2.75, 3.05) is 19.3 Å². The maximum atomic E-state index is 11.1. The predicted molar refractivity (Wildman–Crippen MR) is 94.3 cm³/mol. The Hall–Kier alpha value is -2.36. The molecule has 0 spiro atoms. The van der Waals surface area contributed by atoms with Crippen molar-refractivity contribution in [1.82, 2.24) is 9.88 Å². The number of carbonyl (C=O) groups excluding carboxylic acids is 1. The van der Waals surface area contributed by atoms with E-state index in [4.69, 9.17) is 5.73 Å². The molecule has 0 saturated carbocycles. The van der Waals surface area contributed by atoms with Gasteiger partial charge in [0.1, 0.15) is 11.1 Å². The molecule has 0 radical (unpaired) electrons. The molecular formula is C18H18N4OS. The van der Waals surface area contributed by atoms with E-state index in [0.29, 0.717) is 10.6 Å². The van der Waals surface area contributed by atoms with Crippen molar-refractivity contribution in [3.05, 3.63) is 47.2 Å². The van der Waals surface area contributed by atoms with Crippen molar-refractivity contribution in [1.29, 1.82) is 5.26 Å². The second kappa shape index (κ2) is 7.04. The number of nitrogens with two attached hydrogens (primary N) is 1. The van der Waals surface area contributed by atoms with Crippen LogP contribution >= 0.6 is 11.8 Å². The molecule has 1 aliphatic rings. The van der Waals surface area contributed by atoms with Gasteiger partial charge in [0.25, 0.3) is 0 Å². The van der Waals surface area contributed by atoms with Crippen LogP contribution in [0.25, 0.3) is 11.1 Å². The van der Waals surface area contributed by atoms with Crippen LogP contribution in [0.4, 0.5) is 0 Å². The van der Waals surface area contributed by atoms with Crippen LogP contribution in [0.1, 0.15) is 16.8 Å². The fourth-order valence-corrected chi connectivity index (χ4v) is 3.69. The Morgan fingerprint density at radius 1 is 1.42 bits per heavy atom. The lowest BCUT2D eigenvalue weighted by Crippen LogP contribution is -2.28. The van der Waals surface area contributed by atoms with Gasteiger partial charge in [-0.15, -0.1) is 0 Å². The molecular weight excluding hydrogens is 320 g/mol. The summed E-state index contributed by atoms with van der Waals surface area (Å²) >= 11 is 1.24. The van der Waals surface area contributed by atoms with E-state index in [2.05, 4.69) is 23.0 Å². The van der Waals surface area contributed by atoms with Crippen LogP contribution in [-0.4, -0.2) is 35.1 Å². The summed E-state index contributed by atoms with van der Waals surface area (Å²) in [4.78, 5) is 18.1. The number of nitrogens with zero attached hydrogens (tertiary/aromatic N) is 3. The number of primary amides is 1. The summed E-state index contributed by atoms with van der Waals surface area (Å²) in [5.41, 5.74) is 9.84. The number of fused-ring (bicyclic) bond motifs is 1. The van der Waals surface area contributed by atoms with Gasteiger partial charge < -0.3 is 10.6 Å².